The van der Waals surface area contributed by atoms with Gasteiger partial charge in [-0.1, -0.05) is 25.5 Å². The molecular formula is C16H26FN3. The Labute approximate surface area is 121 Å². The van der Waals surface area contributed by atoms with E-state index in [4.69, 9.17) is 5.73 Å². The fraction of sp³-hybridized carbons (Fsp3) is 0.625. The monoisotopic (exact) mass is 279 g/mol. The number of rotatable bonds is 5. The number of piperazine rings is 1. The largest absolute Gasteiger partial charge is 0.320 e. The Morgan fingerprint density at radius 1 is 1.15 bits per heavy atom. The van der Waals surface area contributed by atoms with E-state index in [2.05, 4.69) is 23.8 Å². The van der Waals surface area contributed by atoms with Gasteiger partial charge < -0.3 is 10.6 Å². The van der Waals surface area contributed by atoms with Crippen molar-refractivity contribution >= 4 is 0 Å². The molecule has 0 aromatic heterocycles. The lowest BCUT2D eigenvalue weighted by atomic mass is 9.86. The second-order valence-electron chi connectivity index (χ2n) is 5.99. The SMILES string of the molecule is CCCC(N)(CN1CCN(C)CC1)c1ccc(F)cc1. The van der Waals surface area contributed by atoms with Gasteiger partial charge in [0.15, 0.2) is 0 Å². The van der Waals surface area contributed by atoms with Crippen LogP contribution in [0.3, 0.4) is 0 Å². The van der Waals surface area contributed by atoms with Crippen LogP contribution in [-0.4, -0.2) is 49.6 Å². The summed E-state index contributed by atoms with van der Waals surface area (Å²) < 4.78 is 13.1. The lowest BCUT2D eigenvalue weighted by molar-refractivity contribution is 0.122. The first-order chi connectivity index (χ1) is 9.53. The first-order valence-electron chi connectivity index (χ1n) is 7.49. The van der Waals surface area contributed by atoms with E-state index in [-0.39, 0.29) is 11.4 Å². The number of benzene rings is 1. The van der Waals surface area contributed by atoms with Crippen molar-refractivity contribution in [3.05, 3.63) is 35.6 Å². The molecule has 112 valence electrons. The molecule has 0 aliphatic carbocycles. The maximum Gasteiger partial charge on any atom is 0.123 e. The quantitative estimate of drug-likeness (QED) is 0.895. The number of nitrogens with two attached hydrogens (primary N) is 1. The zero-order valence-corrected chi connectivity index (χ0v) is 12.6. The summed E-state index contributed by atoms with van der Waals surface area (Å²) in [6.07, 6.45) is 1.95. The molecule has 0 radical (unpaired) electrons. The summed E-state index contributed by atoms with van der Waals surface area (Å²) in [5.74, 6) is -0.202. The molecule has 3 nitrogen and oxygen atoms in total. The molecule has 1 heterocycles. The van der Waals surface area contributed by atoms with Crippen LogP contribution in [0.5, 0.6) is 0 Å². The summed E-state index contributed by atoms with van der Waals surface area (Å²) in [7, 11) is 2.15. The number of likely N-dealkylation sites (N-methyl/N-ethyl adjacent to an activating group) is 1. The van der Waals surface area contributed by atoms with Crippen LogP contribution in [0.25, 0.3) is 0 Å². The molecule has 0 amide bonds. The Hall–Kier alpha value is -0.970. The summed E-state index contributed by atoms with van der Waals surface area (Å²) in [4.78, 5) is 4.77. The third-order valence-electron chi connectivity index (χ3n) is 4.22. The standard InChI is InChI=1S/C16H26FN3/c1-3-8-16(18,14-4-6-15(17)7-5-14)13-20-11-9-19(2)10-12-20/h4-7H,3,8-13,18H2,1-2H3. The zero-order chi connectivity index (χ0) is 14.6. The normalized spacial score (nSPS) is 20.8. The summed E-state index contributed by atoms with van der Waals surface area (Å²) >= 11 is 0. The summed E-state index contributed by atoms with van der Waals surface area (Å²) in [6.45, 7) is 7.29. The highest BCUT2D eigenvalue weighted by atomic mass is 19.1. The van der Waals surface area contributed by atoms with Crippen LogP contribution < -0.4 is 5.73 Å². The van der Waals surface area contributed by atoms with Gasteiger partial charge >= 0.3 is 0 Å². The number of hydrogen-bond acceptors (Lipinski definition) is 3. The van der Waals surface area contributed by atoms with Crippen molar-refractivity contribution in [2.45, 2.75) is 25.3 Å². The lowest BCUT2D eigenvalue weighted by Crippen LogP contribution is -2.53. The Kier molecular flexibility index (Phi) is 5.13. The Balaban J connectivity index is 2.10. The molecule has 0 spiro atoms. The van der Waals surface area contributed by atoms with E-state index in [9.17, 15) is 4.39 Å². The molecule has 2 N–H and O–H groups in total. The van der Waals surface area contributed by atoms with E-state index in [1.165, 1.54) is 12.1 Å². The van der Waals surface area contributed by atoms with Gasteiger partial charge in [-0.05, 0) is 31.2 Å². The van der Waals surface area contributed by atoms with Crippen LogP contribution in [-0.2, 0) is 5.54 Å². The van der Waals surface area contributed by atoms with Gasteiger partial charge in [0.1, 0.15) is 5.82 Å². The van der Waals surface area contributed by atoms with Gasteiger partial charge in [-0.2, -0.15) is 0 Å². The number of nitrogens with zero attached hydrogens (tertiary/aromatic N) is 2. The summed E-state index contributed by atoms with van der Waals surface area (Å²) in [5.41, 5.74) is 7.33. The van der Waals surface area contributed by atoms with E-state index < -0.39 is 0 Å². The smallest absolute Gasteiger partial charge is 0.123 e. The molecule has 1 saturated heterocycles. The minimum absolute atomic E-state index is 0.202. The molecule has 4 heteroatoms. The molecule has 1 aliphatic heterocycles. The highest BCUT2D eigenvalue weighted by Gasteiger charge is 2.30. The van der Waals surface area contributed by atoms with Crippen LogP contribution in [0.1, 0.15) is 25.3 Å². The molecule has 1 aliphatic rings. The average molecular weight is 279 g/mol. The fourth-order valence-electron chi connectivity index (χ4n) is 2.95. The number of halogens is 1. The summed E-state index contributed by atoms with van der Waals surface area (Å²) in [5, 5.41) is 0. The molecule has 1 atom stereocenters. The zero-order valence-electron chi connectivity index (χ0n) is 12.6. The van der Waals surface area contributed by atoms with Gasteiger partial charge in [0.2, 0.25) is 0 Å². The maximum absolute atomic E-state index is 13.1. The third kappa shape index (κ3) is 3.78. The molecule has 0 saturated carbocycles. The highest BCUT2D eigenvalue weighted by molar-refractivity contribution is 5.25. The van der Waals surface area contributed by atoms with Crippen molar-refractivity contribution in [3.8, 4) is 0 Å². The van der Waals surface area contributed by atoms with Crippen LogP contribution in [0, 0.1) is 5.82 Å². The van der Waals surface area contributed by atoms with Crippen molar-refractivity contribution < 1.29 is 4.39 Å². The van der Waals surface area contributed by atoms with Crippen LogP contribution in [0.4, 0.5) is 4.39 Å². The van der Waals surface area contributed by atoms with Crippen molar-refractivity contribution in [3.63, 3.8) is 0 Å². The van der Waals surface area contributed by atoms with Crippen LogP contribution in [0.15, 0.2) is 24.3 Å². The second kappa shape index (κ2) is 6.66. The van der Waals surface area contributed by atoms with E-state index in [1.54, 1.807) is 0 Å². The van der Waals surface area contributed by atoms with E-state index in [1.807, 2.05) is 12.1 Å². The van der Waals surface area contributed by atoms with Crippen molar-refractivity contribution in [2.75, 3.05) is 39.8 Å². The average Bonchev–Trinajstić information content (AvgIpc) is 2.42. The molecule has 1 fully saturated rings. The first-order valence-corrected chi connectivity index (χ1v) is 7.49. The summed E-state index contributed by atoms with van der Waals surface area (Å²) in [6, 6.07) is 6.69. The van der Waals surface area contributed by atoms with Gasteiger partial charge in [0.05, 0.1) is 5.54 Å². The Morgan fingerprint density at radius 3 is 2.30 bits per heavy atom. The topological polar surface area (TPSA) is 32.5 Å². The third-order valence-corrected chi connectivity index (χ3v) is 4.22. The molecule has 2 rings (SSSR count). The first kappa shape index (κ1) is 15.4. The highest BCUT2D eigenvalue weighted by Crippen LogP contribution is 2.26. The van der Waals surface area contributed by atoms with Crippen molar-refractivity contribution in [1.29, 1.82) is 0 Å². The van der Waals surface area contributed by atoms with Gasteiger partial charge in [-0.25, -0.2) is 4.39 Å². The maximum atomic E-state index is 13.1. The van der Waals surface area contributed by atoms with E-state index in [0.29, 0.717) is 0 Å². The predicted octanol–water partition coefficient (Wildman–Crippen LogP) is 2.03. The molecule has 1 aromatic rings. The van der Waals surface area contributed by atoms with Gasteiger partial charge in [0.25, 0.3) is 0 Å². The minimum Gasteiger partial charge on any atom is -0.320 e. The molecular weight excluding hydrogens is 253 g/mol. The van der Waals surface area contributed by atoms with Gasteiger partial charge in [0, 0.05) is 32.7 Å². The van der Waals surface area contributed by atoms with Gasteiger partial charge in [-0.3, -0.25) is 4.90 Å². The van der Waals surface area contributed by atoms with Crippen molar-refractivity contribution in [1.82, 2.24) is 9.80 Å². The Morgan fingerprint density at radius 2 is 1.75 bits per heavy atom. The lowest BCUT2D eigenvalue weighted by Gasteiger charge is -2.39. The molecule has 20 heavy (non-hydrogen) atoms. The van der Waals surface area contributed by atoms with Crippen LogP contribution in [0.2, 0.25) is 0 Å². The van der Waals surface area contributed by atoms with E-state index in [0.717, 1.165) is 51.1 Å². The second-order valence-corrected chi connectivity index (χ2v) is 5.99. The van der Waals surface area contributed by atoms with Crippen LogP contribution >= 0.6 is 0 Å². The minimum atomic E-state index is -0.377. The van der Waals surface area contributed by atoms with Gasteiger partial charge in [-0.15, -0.1) is 0 Å². The number of hydrogen-bond donors (Lipinski definition) is 1. The molecule has 1 unspecified atom stereocenters. The predicted molar refractivity (Wildman–Crippen MR) is 81.1 cm³/mol. The Bertz CT molecular complexity index is 412. The molecule has 1 aromatic carbocycles. The van der Waals surface area contributed by atoms with Crippen molar-refractivity contribution in [2.24, 2.45) is 5.73 Å². The van der Waals surface area contributed by atoms with E-state index >= 15 is 0 Å². The molecule has 0 bridgehead atoms. The fourth-order valence-corrected chi connectivity index (χ4v) is 2.95.